The molecule has 128 valence electrons. The number of halogens is 1. The molecule has 0 atom stereocenters. The third kappa shape index (κ3) is 3.28. The number of nitrogens with zero attached hydrogens (tertiary/aromatic N) is 2. The minimum Gasteiger partial charge on any atom is -0.465 e. The van der Waals surface area contributed by atoms with Crippen LogP contribution in [0.2, 0.25) is 0 Å². The molecule has 1 amide bonds. The van der Waals surface area contributed by atoms with Crippen LogP contribution in [0.4, 0.5) is 5.69 Å². The molecule has 7 heteroatoms. The number of carbonyl (C=O) groups excluding carboxylic acids is 2. The fraction of sp³-hybridized carbons (Fsp3) is 0.167. The Morgan fingerprint density at radius 2 is 2.00 bits per heavy atom. The van der Waals surface area contributed by atoms with Crippen LogP contribution >= 0.6 is 15.9 Å². The number of hydrogen-bond donors (Lipinski definition) is 1. The number of aryl methyl sites for hydroxylation is 2. The van der Waals surface area contributed by atoms with E-state index in [1.165, 1.54) is 7.11 Å². The zero-order valence-electron chi connectivity index (χ0n) is 14.0. The van der Waals surface area contributed by atoms with Crippen LogP contribution in [-0.2, 0) is 4.74 Å². The molecule has 3 rings (SSSR count). The number of pyridine rings is 1. The number of fused-ring (bicyclic) bond motifs is 1. The van der Waals surface area contributed by atoms with E-state index in [2.05, 4.69) is 26.2 Å². The highest BCUT2D eigenvalue weighted by Crippen LogP contribution is 2.23. The quantitative estimate of drug-likeness (QED) is 0.678. The molecular formula is C18H16BrN3O3. The molecule has 3 aromatic rings. The molecule has 1 aromatic carbocycles. The molecule has 0 radical (unpaired) electrons. The van der Waals surface area contributed by atoms with E-state index in [0.717, 1.165) is 10.0 Å². The summed E-state index contributed by atoms with van der Waals surface area (Å²) in [4.78, 5) is 28.9. The molecule has 0 spiro atoms. The van der Waals surface area contributed by atoms with Crippen molar-refractivity contribution in [2.24, 2.45) is 0 Å². The number of methoxy groups -OCH3 is 1. The van der Waals surface area contributed by atoms with Gasteiger partial charge in [-0.3, -0.25) is 9.20 Å². The molecule has 6 nitrogen and oxygen atoms in total. The number of anilines is 1. The van der Waals surface area contributed by atoms with Crippen LogP contribution in [0, 0.1) is 13.8 Å². The van der Waals surface area contributed by atoms with Gasteiger partial charge in [0.05, 0.1) is 22.8 Å². The van der Waals surface area contributed by atoms with Gasteiger partial charge in [0.15, 0.2) is 5.65 Å². The van der Waals surface area contributed by atoms with Crippen molar-refractivity contribution in [3.63, 3.8) is 0 Å². The number of hydrogen-bond acceptors (Lipinski definition) is 4. The van der Waals surface area contributed by atoms with Crippen molar-refractivity contribution < 1.29 is 14.3 Å². The molecular weight excluding hydrogens is 386 g/mol. The number of imidazole rings is 1. The first-order valence-corrected chi connectivity index (χ1v) is 8.34. The molecule has 0 aliphatic rings. The van der Waals surface area contributed by atoms with Gasteiger partial charge in [-0.05, 0) is 59.6 Å². The smallest absolute Gasteiger partial charge is 0.337 e. The van der Waals surface area contributed by atoms with Gasteiger partial charge in [-0.2, -0.15) is 0 Å². The van der Waals surface area contributed by atoms with Crippen LogP contribution in [0.15, 0.2) is 41.0 Å². The molecule has 0 aliphatic heterocycles. The number of aromatic nitrogens is 2. The highest BCUT2D eigenvalue weighted by Gasteiger charge is 2.19. The summed E-state index contributed by atoms with van der Waals surface area (Å²) in [7, 11) is 1.32. The number of benzene rings is 1. The third-order valence-electron chi connectivity index (χ3n) is 3.74. The summed E-state index contributed by atoms with van der Waals surface area (Å²) < 4.78 is 7.28. The van der Waals surface area contributed by atoms with Crippen molar-refractivity contribution in [1.82, 2.24) is 9.38 Å². The minimum absolute atomic E-state index is 0.301. The Morgan fingerprint density at radius 1 is 1.24 bits per heavy atom. The van der Waals surface area contributed by atoms with Crippen LogP contribution in [0.3, 0.4) is 0 Å². The predicted octanol–water partition coefficient (Wildman–Crippen LogP) is 3.75. The van der Waals surface area contributed by atoms with E-state index in [4.69, 9.17) is 4.74 Å². The Morgan fingerprint density at radius 3 is 2.72 bits per heavy atom. The van der Waals surface area contributed by atoms with Crippen LogP contribution in [0.1, 0.15) is 32.1 Å². The minimum atomic E-state index is -0.457. The Hall–Kier alpha value is -2.67. The molecule has 2 heterocycles. The second-order valence-electron chi connectivity index (χ2n) is 5.63. The fourth-order valence-corrected chi connectivity index (χ4v) is 3.29. The van der Waals surface area contributed by atoms with E-state index < -0.39 is 5.97 Å². The summed E-state index contributed by atoms with van der Waals surface area (Å²) in [5.41, 5.74) is 3.62. The SMILES string of the molecule is COC(=O)c1cccc(NC(=O)c2c(C)nc3c(Br)cc(C)cn23)c1. The Kier molecular flexibility index (Phi) is 4.59. The van der Waals surface area contributed by atoms with Crippen molar-refractivity contribution in [2.45, 2.75) is 13.8 Å². The Labute approximate surface area is 153 Å². The van der Waals surface area contributed by atoms with E-state index in [1.807, 2.05) is 19.2 Å². The Bertz CT molecular complexity index is 995. The van der Waals surface area contributed by atoms with Gasteiger partial charge in [0.2, 0.25) is 0 Å². The van der Waals surface area contributed by atoms with Gasteiger partial charge in [-0.1, -0.05) is 6.07 Å². The van der Waals surface area contributed by atoms with Crippen molar-refractivity contribution in [2.75, 3.05) is 12.4 Å². The van der Waals surface area contributed by atoms with Gasteiger partial charge in [0.1, 0.15) is 5.69 Å². The normalized spacial score (nSPS) is 10.7. The molecule has 0 fully saturated rings. The van der Waals surface area contributed by atoms with E-state index in [0.29, 0.717) is 28.3 Å². The largest absolute Gasteiger partial charge is 0.465 e. The second-order valence-corrected chi connectivity index (χ2v) is 6.49. The van der Waals surface area contributed by atoms with Gasteiger partial charge in [-0.25, -0.2) is 9.78 Å². The second kappa shape index (κ2) is 6.68. The molecule has 2 aromatic heterocycles. The lowest BCUT2D eigenvalue weighted by Gasteiger charge is -2.08. The third-order valence-corrected chi connectivity index (χ3v) is 4.33. The maximum atomic E-state index is 12.8. The average molecular weight is 402 g/mol. The number of rotatable bonds is 3. The zero-order valence-corrected chi connectivity index (χ0v) is 15.5. The summed E-state index contributed by atoms with van der Waals surface area (Å²) in [5.74, 6) is -0.758. The van der Waals surface area contributed by atoms with Gasteiger partial charge < -0.3 is 10.1 Å². The van der Waals surface area contributed by atoms with Crippen molar-refractivity contribution >= 4 is 39.1 Å². The molecule has 0 saturated heterocycles. The number of amides is 1. The summed E-state index contributed by atoms with van der Waals surface area (Å²) in [6.45, 7) is 3.73. The summed E-state index contributed by atoms with van der Waals surface area (Å²) >= 11 is 3.48. The molecule has 0 saturated carbocycles. The monoisotopic (exact) mass is 401 g/mol. The van der Waals surface area contributed by atoms with Crippen LogP contribution < -0.4 is 5.32 Å². The first-order valence-electron chi connectivity index (χ1n) is 7.55. The summed E-state index contributed by atoms with van der Waals surface area (Å²) in [6.07, 6.45) is 1.86. The summed E-state index contributed by atoms with van der Waals surface area (Å²) in [5, 5.41) is 2.81. The number of nitrogens with one attached hydrogen (secondary N) is 1. The maximum absolute atomic E-state index is 12.8. The van der Waals surface area contributed by atoms with Crippen molar-refractivity contribution in [1.29, 1.82) is 0 Å². The van der Waals surface area contributed by atoms with Gasteiger partial charge in [0, 0.05) is 11.9 Å². The van der Waals surface area contributed by atoms with Gasteiger partial charge in [0.25, 0.3) is 5.91 Å². The highest BCUT2D eigenvalue weighted by molar-refractivity contribution is 9.10. The topological polar surface area (TPSA) is 72.7 Å². The number of esters is 1. The van der Waals surface area contributed by atoms with Crippen LogP contribution in [0.25, 0.3) is 5.65 Å². The van der Waals surface area contributed by atoms with E-state index in [-0.39, 0.29) is 5.91 Å². The summed E-state index contributed by atoms with van der Waals surface area (Å²) in [6, 6.07) is 8.54. The lowest BCUT2D eigenvalue weighted by molar-refractivity contribution is 0.0600. The fourth-order valence-electron chi connectivity index (χ4n) is 2.65. The van der Waals surface area contributed by atoms with E-state index in [1.54, 1.807) is 35.6 Å². The molecule has 25 heavy (non-hydrogen) atoms. The van der Waals surface area contributed by atoms with Crippen LogP contribution in [0.5, 0.6) is 0 Å². The predicted molar refractivity (Wildman–Crippen MR) is 98.1 cm³/mol. The van der Waals surface area contributed by atoms with Gasteiger partial charge in [-0.15, -0.1) is 0 Å². The first kappa shape index (κ1) is 17.2. The number of ether oxygens (including phenoxy) is 1. The van der Waals surface area contributed by atoms with Crippen molar-refractivity contribution in [3.8, 4) is 0 Å². The zero-order chi connectivity index (χ0) is 18.1. The Balaban J connectivity index is 1.98. The van der Waals surface area contributed by atoms with Crippen molar-refractivity contribution in [3.05, 3.63) is 63.5 Å². The van der Waals surface area contributed by atoms with E-state index in [9.17, 15) is 9.59 Å². The lowest BCUT2D eigenvalue weighted by atomic mass is 10.2. The molecule has 1 N–H and O–H groups in total. The standard InChI is InChI=1S/C18H16BrN3O3/c1-10-7-14(19)16-20-11(2)15(22(16)9-10)17(23)21-13-6-4-5-12(8-13)18(24)25-3/h4-9H,1-3H3,(H,21,23). The number of carbonyl (C=O) groups is 2. The van der Waals surface area contributed by atoms with Crippen LogP contribution in [-0.4, -0.2) is 28.4 Å². The average Bonchev–Trinajstić information content (AvgIpc) is 2.90. The molecule has 0 aliphatic carbocycles. The first-order chi connectivity index (χ1) is 11.9. The molecule has 0 bridgehead atoms. The van der Waals surface area contributed by atoms with Gasteiger partial charge >= 0.3 is 5.97 Å². The lowest BCUT2D eigenvalue weighted by Crippen LogP contribution is -2.16. The molecule has 0 unspecified atom stereocenters. The maximum Gasteiger partial charge on any atom is 0.337 e. The van der Waals surface area contributed by atoms with E-state index >= 15 is 0 Å². The highest BCUT2D eigenvalue weighted by atomic mass is 79.9.